The lowest BCUT2D eigenvalue weighted by Gasteiger charge is -2.14. The number of rotatable bonds is 2. The summed E-state index contributed by atoms with van der Waals surface area (Å²) in [6.45, 7) is 2.02. The molecule has 0 saturated heterocycles. The first kappa shape index (κ1) is 12.9. The van der Waals surface area contributed by atoms with Crippen LogP contribution in [-0.2, 0) is 0 Å². The summed E-state index contributed by atoms with van der Waals surface area (Å²) in [5.41, 5.74) is 3.03. The molecule has 1 heterocycles. The van der Waals surface area contributed by atoms with Gasteiger partial charge in [0.15, 0.2) is 0 Å². The maximum Gasteiger partial charge on any atom is 0.106 e. The van der Waals surface area contributed by atoms with Gasteiger partial charge in [-0.1, -0.05) is 46.3 Å². The topological polar surface area (TPSA) is 20.2 Å². The summed E-state index contributed by atoms with van der Waals surface area (Å²) >= 11 is 5.19. The van der Waals surface area contributed by atoms with Crippen LogP contribution < -0.4 is 0 Å². The van der Waals surface area contributed by atoms with E-state index < -0.39 is 6.10 Å². The van der Waals surface area contributed by atoms with Crippen LogP contribution in [0.5, 0.6) is 0 Å². The Hall–Kier alpha value is -1.16. The monoisotopic (exact) mass is 332 g/mol. The molecule has 0 bridgehead atoms. The average Bonchev–Trinajstić information content (AvgIpc) is 2.85. The summed E-state index contributed by atoms with van der Waals surface area (Å²) in [7, 11) is 0. The predicted octanol–water partition coefficient (Wildman–Crippen LogP) is 5.05. The minimum absolute atomic E-state index is 0.575. The van der Waals surface area contributed by atoms with Gasteiger partial charge in [0.25, 0.3) is 0 Å². The van der Waals surface area contributed by atoms with Gasteiger partial charge in [0.2, 0.25) is 0 Å². The number of hydrogen-bond acceptors (Lipinski definition) is 2. The largest absolute Gasteiger partial charge is 0.384 e. The predicted molar refractivity (Wildman–Crippen MR) is 84.8 cm³/mol. The van der Waals surface area contributed by atoms with Crippen molar-refractivity contribution in [2.24, 2.45) is 0 Å². The summed E-state index contributed by atoms with van der Waals surface area (Å²) in [6, 6.07) is 14.1. The molecule has 1 aromatic heterocycles. The number of aliphatic hydroxyl groups excluding tert-OH is 1. The molecule has 1 atom stereocenters. The van der Waals surface area contributed by atoms with Crippen LogP contribution in [0.3, 0.4) is 0 Å². The first-order valence-electron chi connectivity index (χ1n) is 6.07. The SMILES string of the molecule is Cc1c(Br)cccc1C(O)c1csc2ccccc12. The summed E-state index contributed by atoms with van der Waals surface area (Å²) < 4.78 is 2.24. The molecule has 0 spiro atoms. The van der Waals surface area contributed by atoms with Crippen molar-refractivity contribution in [1.82, 2.24) is 0 Å². The van der Waals surface area contributed by atoms with E-state index in [2.05, 4.69) is 33.4 Å². The van der Waals surface area contributed by atoms with Crippen LogP contribution in [0, 0.1) is 6.92 Å². The maximum atomic E-state index is 10.7. The molecule has 0 saturated carbocycles. The lowest BCUT2D eigenvalue weighted by atomic mass is 9.97. The van der Waals surface area contributed by atoms with Crippen molar-refractivity contribution in [3.8, 4) is 0 Å². The summed E-state index contributed by atoms with van der Waals surface area (Å²) in [5.74, 6) is 0. The molecule has 3 heteroatoms. The zero-order valence-corrected chi connectivity index (χ0v) is 12.8. The smallest absolute Gasteiger partial charge is 0.106 e. The van der Waals surface area contributed by atoms with E-state index in [-0.39, 0.29) is 0 Å². The lowest BCUT2D eigenvalue weighted by molar-refractivity contribution is 0.221. The molecule has 0 radical (unpaired) electrons. The van der Waals surface area contributed by atoms with E-state index in [1.54, 1.807) is 11.3 Å². The molecule has 96 valence electrons. The molecular weight excluding hydrogens is 320 g/mol. The van der Waals surface area contributed by atoms with Gasteiger partial charge >= 0.3 is 0 Å². The molecule has 0 aliphatic rings. The molecule has 1 N–H and O–H groups in total. The number of benzene rings is 2. The van der Waals surface area contributed by atoms with E-state index in [0.717, 1.165) is 26.5 Å². The quantitative estimate of drug-likeness (QED) is 0.695. The fourth-order valence-corrected chi connectivity index (χ4v) is 3.66. The fourth-order valence-electron chi connectivity index (χ4n) is 2.30. The van der Waals surface area contributed by atoms with Gasteiger partial charge in [-0.25, -0.2) is 0 Å². The second-order valence-electron chi connectivity index (χ2n) is 4.54. The van der Waals surface area contributed by atoms with Crippen LogP contribution in [0.4, 0.5) is 0 Å². The maximum absolute atomic E-state index is 10.7. The fraction of sp³-hybridized carbons (Fsp3) is 0.125. The third kappa shape index (κ3) is 2.22. The molecule has 2 aromatic carbocycles. The van der Waals surface area contributed by atoms with Crippen molar-refractivity contribution in [2.75, 3.05) is 0 Å². The molecule has 1 unspecified atom stereocenters. The Kier molecular flexibility index (Phi) is 3.44. The Morgan fingerprint density at radius 2 is 1.84 bits per heavy atom. The van der Waals surface area contributed by atoms with Crippen molar-refractivity contribution in [1.29, 1.82) is 0 Å². The highest BCUT2D eigenvalue weighted by atomic mass is 79.9. The number of hydrogen-bond donors (Lipinski definition) is 1. The number of halogens is 1. The number of fused-ring (bicyclic) bond motifs is 1. The van der Waals surface area contributed by atoms with E-state index in [1.807, 2.05) is 37.3 Å². The van der Waals surface area contributed by atoms with Crippen molar-refractivity contribution < 1.29 is 5.11 Å². The Morgan fingerprint density at radius 3 is 2.68 bits per heavy atom. The van der Waals surface area contributed by atoms with Gasteiger partial charge in [-0.2, -0.15) is 0 Å². The van der Waals surface area contributed by atoms with Gasteiger partial charge in [-0.05, 0) is 40.9 Å². The highest BCUT2D eigenvalue weighted by molar-refractivity contribution is 9.10. The zero-order valence-electron chi connectivity index (χ0n) is 10.4. The molecular formula is C16H13BrOS. The molecule has 19 heavy (non-hydrogen) atoms. The van der Waals surface area contributed by atoms with E-state index in [4.69, 9.17) is 0 Å². The molecule has 1 nitrogen and oxygen atoms in total. The van der Waals surface area contributed by atoms with Crippen LogP contribution in [0.1, 0.15) is 22.8 Å². The van der Waals surface area contributed by atoms with Gasteiger partial charge in [-0.15, -0.1) is 11.3 Å². The van der Waals surface area contributed by atoms with Crippen molar-refractivity contribution in [3.63, 3.8) is 0 Å². The standard InChI is InChI=1S/C16H13BrOS/c1-10-11(6-4-7-14(10)17)16(18)13-9-19-15-8-3-2-5-12(13)15/h2-9,16,18H,1H3. The van der Waals surface area contributed by atoms with Crippen LogP contribution in [-0.4, -0.2) is 5.11 Å². The van der Waals surface area contributed by atoms with Crippen LogP contribution in [0.2, 0.25) is 0 Å². The molecule has 0 fully saturated rings. The average molecular weight is 333 g/mol. The third-order valence-electron chi connectivity index (χ3n) is 3.41. The third-order valence-corrected chi connectivity index (χ3v) is 5.25. The van der Waals surface area contributed by atoms with Crippen molar-refractivity contribution in [3.05, 3.63) is 69.0 Å². The molecule has 3 aromatic rings. The molecule has 0 aliphatic heterocycles. The van der Waals surface area contributed by atoms with E-state index in [9.17, 15) is 5.11 Å². The number of thiophene rings is 1. The number of aliphatic hydroxyl groups is 1. The molecule has 3 rings (SSSR count). The second-order valence-corrected chi connectivity index (χ2v) is 6.31. The van der Waals surface area contributed by atoms with Crippen molar-refractivity contribution in [2.45, 2.75) is 13.0 Å². The van der Waals surface area contributed by atoms with Gasteiger partial charge in [0, 0.05) is 14.7 Å². The minimum Gasteiger partial charge on any atom is -0.384 e. The Morgan fingerprint density at radius 1 is 1.05 bits per heavy atom. The first-order chi connectivity index (χ1) is 9.18. The van der Waals surface area contributed by atoms with Gasteiger partial charge in [0.1, 0.15) is 6.10 Å². The zero-order chi connectivity index (χ0) is 13.4. The van der Waals surface area contributed by atoms with E-state index in [0.29, 0.717) is 0 Å². The highest BCUT2D eigenvalue weighted by Crippen LogP contribution is 2.35. The summed E-state index contributed by atoms with van der Waals surface area (Å²) in [4.78, 5) is 0. The van der Waals surface area contributed by atoms with Crippen molar-refractivity contribution >= 4 is 37.4 Å². The van der Waals surface area contributed by atoms with Crippen LogP contribution >= 0.6 is 27.3 Å². The second kappa shape index (κ2) is 5.08. The highest BCUT2D eigenvalue weighted by Gasteiger charge is 2.17. The van der Waals surface area contributed by atoms with Gasteiger partial charge < -0.3 is 5.11 Å². The van der Waals surface area contributed by atoms with Crippen LogP contribution in [0.15, 0.2) is 52.3 Å². The van der Waals surface area contributed by atoms with E-state index >= 15 is 0 Å². The molecule has 0 amide bonds. The van der Waals surface area contributed by atoms with Crippen LogP contribution in [0.25, 0.3) is 10.1 Å². The minimum atomic E-state index is -0.575. The van der Waals surface area contributed by atoms with Gasteiger partial charge in [-0.3, -0.25) is 0 Å². The Labute approximate surface area is 124 Å². The first-order valence-corrected chi connectivity index (χ1v) is 7.75. The Balaban J connectivity index is 2.13. The summed E-state index contributed by atoms with van der Waals surface area (Å²) in [6.07, 6.45) is -0.575. The molecule has 0 aliphatic carbocycles. The summed E-state index contributed by atoms with van der Waals surface area (Å²) in [5, 5.41) is 13.9. The van der Waals surface area contributed by atoms with E-state index in [1.165, 1.54) is 4.70 Å². The van der Waals surface area contributed by atoms with Gasteiger partial charge in [0.05, 0.1) is 0 Å². The Bertz CT molecular complexity index is 732. The normalized spacial score (nSPS) is 12.8. The lowest BCUT2D eigenvalue weighted by Crippen LogP contribution is -2.01.